The molecule has 148 valence electrons. The van der Waals surface area contributed by atoms with Crippen LogP contribution < -0.4 is 11.5 Å². The van der Waals surface area contributed by atoms with E-state index in [1.807, 2.05) is 24.3 Å². The van der Waals surface area contributed by atoms with Crippen LogP contribution in [0.25, 0.3) is 0 Å². The van der Waals surface area contributed by atoms with Gasteiger partial charge < -0.3 is 21.7 Å². The molecule has 2 aromatic rings. The van der Waals surface area contributed by atoms with Gasteiger partial charge in [0.2, 0.25) is 4.45 Å². The number of phenols is 2. The number of carbonyl (C=O) groups excluding carboxylic acids is 1. The van der Waals surface area contributed by atoms with Crippen molar-refractivity contribution in [2.45, 2.75) is 48.3 Å². The maximum absolute atomic E-state index is 12.3. The minimum Gasteiger partial charge on any atom is -0.508 e. The molecular weight excluding hydrogens is 392 g/mol. The number of phenolic OH excluding ortho intramolecular Hbond substituents is 2. The summed E-state index contributed by atoms with van der Waals surface area (Å²) in [6.45, 7) is 0. The quantitative estimate of drug-likeness (QED) is 0.556. The van der Waals surface area contributed by atoms with Crippen LogP contribution in [0, 0.1) is 0 Å². The van der Waals surface area contributed by atoms with E-state index in [0.29, 0.717) is 11.5 Å². The second-order valence-corrected chi connectivity index (χ2v) is 10.00. The van der Waals surface area contributed by atoms with Gasteiger partial charge in [0.15, 0.2) is 0 Å². The van der Waals surface area contributed by atoms with E-state index in [9.17, 15) is 15.0 Å². The van der Waals surface area contributed by atoms with E-state index in [-0.39, 0.29) is 15.9 Å². The molecule has 5 nitrogen and oxygen atoms in total. The van der Waals surface area contributed by atoms with Crippen molar-refractivity contribution in [3.8, 4) is 11.5 Å². The number of aromatic hydroxyl groups is 2. The molecule has 0 spiro atoms. The molecule has 6 N–H and O–H groups in total. The van der Waals surface area contributed by atoms with Crippen LogP contribution >= 0.6 is 23.5 Å². The van der Waals surface area contributed by atoms with Gasteiger partial charge in [0.25, 0.3) is 0 Å². The maximum atomic E-state index is 12.3. The third kappa shape index (κ3) is 4.17. The Balaban J connectivity index is 1.32. The summed E-state index contributed by atoms with van der Waals surface area (Å²) in [6.07, 6.45) is 3.52. The molecule has 4 rings (SSSR count). The molecule has 0 atom stereocenters. The van der Waals surface area contributed by atoms with E-state index in [0.717, 1.165) is 47.9 Å². The Hall–Kier alpha value is -1.67. The van der Waals surface area contributed by atoms with Crippen LogP contribution in [0.15, 0.2) is 36.4 Å². The number of benzene rings is 2. The van der Waals surface area contributed by atoms with Crippen molar-refractivity contribution >= 4 is 28.0 Å². The number of hydrogen-bond donors (Lipinski definition) is 4. The minimum absolute atomic E-state index is 0.0343. The Morgan fingerprint density at radius 3 is 1.57 bits per heavy atom. The van der Waals surface area contributed by atoms with E-state index in [1.165, 1.54) is 23.5 Å². The van der Waals surface area contributed by atoms with Crippen molar-refractivity contribution in [2.75, 3.05) is 0 Å². The summed E-state index contributed by atoms with van der Waals surface area (Å²) >= 11 is 2.49. The smallest absolute Gasteiger partial charge is 0.246 e. The van der Waals surface area contributed by atoms with E-state index in [4.69, 9.17) is 11.5 Å². The number of rotatable bonds is 6. The summed E-state index contributed by atoms with van der Waals surface area (Å²) in [5.41, 5.74) is 15.1. The number of hydrogen-bond acceptors (Lipinski definition) is 7. The zero-order valence-electron chi connectivity index (χ0n) is 15.5. The van der Waals surface area contributed by atoms with Crippen molar-refractivity contribution in [2.24, 2.45) is 11.5 Å². The molecule has 2 fully saturated rings. The van der Waals surface area contributed by atoms with Gasteiger partial charge in [0, 0.05) is 33.7 Å². The highest BCUT2D eigenvalue weighted by molar-refractivity contribution is 8.37. The Morgan fingerprint density at radius 2 is 1.21 bits per heavy atom. The summed E-state index contributed by atoms with van der Waals surface area (Å²) in [6, 6.07) is 10.8. The van der Waals surface area contributed by atoms with Gasteiger partial charge in [-0.1, -0.05) is 35.7 Å². The van der Waals surface area contributed by atoms with Crippen molar-refractivity contribution in [3.63, 3.8) is 0 Å². The van der Waals surface area contributed by atoms with Crippen LogP contribution in [0.3, 0.4) is 0 Å². The molecule has 0 heterocycles. The fourth-order valence-corrected chi connectivity index (χ4v) is 4.89. The second-order valence-electron chi connectivity index (χ2n) is 7.84. The molecule has 7 heteroatoms. The first kappa shape index (κ1) is 19.6. The topological polar surface area (TPSA) is 110 Å². The summed E-state index contributed by atoms with van der Waals surface area (Å²) < 4.78 is 0.0343. The standard InChI is InChI=1S/C21H24N2O3S2/c22-20(5-6-20)15-9-13(1-3-17(15)24)11-27-19(26)28-12-14-2-4-18(25)16(10-14)21(23)7-8-21/h1-4,9-10,24-25H,5-8,11-12,22-23H2. The van der Waals surface area contributed by atoms with Crippen molar-refractivity contribution in [1.82, 2.24) is 0 Å². The van der Waals surface area contributed by atoms with Crippen molar-refractivity contribution in [1.29, 1.82) is 0 Å². The second kappa shape index (κ2) is 7.30. The van der Waals surface area contributed by atoms with Gasteiger partial charge in [0.05, 0.1) is 0 Å². The average Bonchev–Trinajstić information content (AvgIpc) is 3.59. The Labute approximate surface area is 172 Å². The van der Waals surface area contributed by atoms with Gasteiger partial charge in [-0.2, -0.15) is 0 Å². The minimum atomic E-state index is -0.401. The molecule has 0 bridgehead atoms. The SMILES string of the molecule is NC1(c2cc(CSC(=O)SCc3ccc(O)c(C4(N)CC4)c3)ccc2O)CC1. The van der Waals surface area contributed by atoms with Crippen LogP contribution in [-0.2, 0) is 22.6 Å². The lowest BCUT2D eigenvalue weighted by Gasteiger charge is -2.13. The average molecular weight is 417 g/mol. The molecule has 2 aliphatic carbocycles. The largest absolute Gasteiger partial charge is 0.508 e. The lowest BCUT2D eigenvalue weighted by Crippen LogP contribution is -2.19. The Kier molecular flexibility index (Phi) is 5.12. The van der Waals surface area contributed by atoms with E-state index in [2.05, 4.69) is 0 Å². The predicted octanol–water partition coefficient (Wildman–Crippen LogP) is 4.28. The lowest BCUT2D eigenvalue weighted by molar-refractivity contribution is 0.276. The highest BCUT2D eigenvalue weighted by Gasteiger charge is 2.42. The number of thioether (sulfide) groups is 2. The Bertz CT molecular complexity index is 850. The lowest BCUT2D eigenvalue weighted by atomic mass is 10.0. The van der Waals surface area contributed by atoms with Gasteiger partial charge in [-0.3, -0.25) is 4.79 Å². The van der Waals surface area contributed by atoms with Gasteiger partial charge in [-0.05, 0) is 61.1 Å². The van der Waals surface area contributed by atoms with Gasteiger partial charge in [-0.25, -0.2) is 0 Å². The van der Waals surface area contributed by atoms with Crippen LogP contribution in [-0.4, -0.2) is 14.7 Å². The van der Waals surface area contributed by atoms with Gasteiger partial charge >= 0.3 is 0 Å². The molecular formula is C21H24N2O3S2. The summed E-state index contributed by atoms with van der Waals surface area (Å²) in [5, 5.41) is 20.0. The zero-order chi connectivity index (χ0) is 19.9. The normalized spacial score (nSPS) is 18.6. The molecule has 0 radical (unpaired) electrons. The van der Waals surface area contributed by atoms with Gasteiger partial charge in [-0.15, -0.1) is 0 Å². The van der Waals surface area contributed by atoms with Gasteiger partial charge in [0.1, 0.15) is 11.5 Å². The molecule has 28 heavy (non-hydrogen) atoms. The summed E-state index contributed by atoms with van der Waals surface area (Å²) in [5.74, 6) is 1.54. The van der Waals surface area contributed by atoms with E-state index < -0.39 is 11.1 Å². The molecule has 0 aliphatic heterocycles. The van der Waals surface area contributed by atoms with Crippen LogP contribution in [0.1, 0.15) is 47.9 Å². The van der Waals surface area contributed by atoms with Crippen molar-refractivity contribution in [3.05, 3.63) is 58.7 Å². The summed E-state index contributed by atoms with van der Waals surface area (Å²) in [7, 11) is 0. The highest BCUT2D eigenvalue weighted by atomic mass is 32.2. The fraction of sp³-hybridized carbons (Fsp3) is 0.381. The molecule has 0 unspecified atom stereocenters. The Morgan fingerprint density at radius 1 is 0.821 bits per heavy atom. The molecule has 2 saturated carbocycles. The van der Waals surface area contributed by atoms with Crippen LogP contribution in [0.4, 0.5) is 4.79 Å². The first-order valence-electron chi connectivity index (χ1n) is 9.31. The highest BCUT2D eigenvalue weighted by Crippen LogP contribution is 2.47. The third-order valence-corrected chi connectivity index (χ3v) is 7.62. The molecule has 2 aliphatic rings. The summed E-state index contributed by atoms with van der Waals surface area (Å²) in [4.78, 5) is 12.3. The van der Waals surface area contributed by atoms with E-state index >= 15 is 0 Å². The third-order valence-electron chi connectivity index (χ3n) is 5.49. The van der Waals surface area contributed by atoms with Crippen LogP contribution in [0.2, 0.25) is 0 Å². The maximum Gasteiger partial charge on any atom is 0.246 e. The molecule has 2 aromatic carbocycles. The predicted molar refractivity (Wildman–Crippen MR) is 114 cm³/mol. The first-order chi connectivity index (χ1) is 13.3. The fourth-order valence-electron chi connectivity index (χ4n) is 3.28. The molecule has 0 aromatic heterocycles. The molecule has 0 saturated heterocycles. The van der Waals surface area contributed by atoms with Crippen molar-refractivity contribution < 1.29 is 15.0 Å². The number of nitrogens with two attached hydrogens (primary N) is 2. The zero-order valence-corrected chi connectivity index (χ0v) is 17.1. The van der Waals surface area contributed by atoms with E-state index in [1.54, 1.807) is 12.1 Å². The van der Waals surface area contributed by atoms with Crippen LogP contribution in [0.5, 0.6) is 11.5 Å². The monoisotopic (exact) mass is 416 g/mol. The first-order valence-corrected chi connectivity index (χ1v) is 11.3. The molecule has 0 amide bonds. The number of carbonyl (C=O) groups is 1.